The Balaban J connectivity index is 1.70. The van der Waals surface area contributed by atoms with Crippen LogP contribution in [-0.4, -0.2) is 15.0 Å². The van der Waals surface area contributed by atoms with E-state index in [0.717, 1.165) is 15.6 Å². The first kappa shape index (κ1) is 16.9. The number of halogens is 1. The first-order valence-corrected chi connectivity index (χ1v) is 9.01. The van der Waals surface area contributed by atoms with E-state index >= 15 is 0 Å². The van der Waals surface area contributed by atoms with E-state index in [2.05, 4.69) is 26.0 Å². The van der Waals surface area contributed by atoms with Crippen LogP contribution in [0.3, 0.4) is 0 Å². The van der Waals surface area contributed by atoms with Crippen molar-refractivity contribution in [3.8, 4) is 0 Å². The van der Waals surface area contributed by atoms with Gasteiger partial charge in [-0.1, -0.05) is 63.6 Å². The molecule has 3 atom stereocenters. The van der Waals surface area contributed by atoms with Gasteiger partial charge in [0.15, 0.2) is 5.69 Å². The minimum absolute atomic E-state index is 0.0207. The van der Waals surface area contributed by atoms with E-state index in [1.807, 2.05) is 54.6 Å². The van der Waals surface area contributed by atoms with E-state index in [-0.39, 0.29) is 17.8 Å². The van der Waals surface area contributed by atoms with Gasteiger partial charge in [0.25, 0.3) is 0 Å². The van der Waals surface area contributed by atoms with Crippen molar-refractivity contribution in [3.63, 3.8) is 0 Å². The van der Waals surface area contributed by atoms with Gasteiger partial charge in [-0.05, 0) is 30.2 Å². The van der Waals surface area contributed by atoms with Crippen LogP contribution in [0.25, 0.3) is 0 Å². The van der Waals surface area contributed by atoms with Crippen LogP contribution in [0.1, 0.15) is 34.7 Å². The second kappa shape index (κ2) is 6.66. The van der Waals surface area contributed by atoms with E-state index in [0.29, 0.717) is 18.0 Å². The summed E-state index contributed by atoms with van der Waals surface area (Å²) >= 11 is 3.45. The first-order valence-electron chi connectivity index (χ1n) is 8.22. The lowest BCUT2D eigenvalue weighted by molar-refractivity contribution is -0.386. The van der Waals surface area contributed by atoms with Crippen molar-refractivity contribution in [2.45, 2.75) is 25.6 Å². The van der Waals surface area contributed by atoms with Gasteiger partial charge in [-0.3, -0.25) is 15.0 Å². The molecule has 26 heavy (non-hydrogen) atoms. The molecule has 1 unspecified atom stereocenters. The van der Waals surface area contributed by atoms with Gasteiger partial charge in [0.1, 0.15) is 0 Å². The van der Waals surface area contributed by atoms with Crippen molar-refractivity contribution in [1.82, 2.24) is 10.1 Å². The van der Waals surface area contributed by atoms with Gasteiger partial charge >= 0.3 is 5.69 Å². The predicted octanol–water partition coefficient (Wildman–Crippen LogP) is 4.95. The third-order valence-electron chi connectivity index (χ3n) is 4.65. The number of nitro groups is 1. The van der Waals surface area contributed by atoms with Crippen LogP contribution in [0.2, 0.25) is 0 Å². The molecule has 2 aromatic carbocycles. The van der Waals surface area contributed by atoms with Gasteiger partial charge in [0, 0.05) is 11.0 Å². The van der Waals surface area contributed by atoms with Crippen molar-refractivity contribution in [2.75, 3.05) is 0 Å². The average Bonchev–Trinajstić information content (AvgIpc) is 3.18. The normalized spacial score (nSPS) is 21.5. The fourth-order valence-electron chi connectivity index (χ4n) is 3.39. The Morgan fingerprint density at radius 1 is 1.15 bits per heavy atom. The quantitative estimate of drug-likeness (QED) is 0.336. The lowest BCUT2D eigenvalue weighted by Crippen LogP contribution is -2.00. The van der Waals surface area contributed by atoms with Crippen LogP contribution in [-0.2, 0) is 6.54 Å². The molecule has 0 N–H and O–H groups in total. The van der Waals surface area contributed by atoms with Gasteiger partial charge in [-0.2, -0.15) is 0 Å². The molecule has 0 saturated carbocycles. The molecule has 0 amide bonds. The molecule has 6 nitrogen and oxygen atoms in total. The summed E-state index contributed by atoms with van der Waals surface area (Å²) in [5, 5.41) is 15.3. The summed E-state index contributed by atoms with van der Waals surface area (Å²) in [6.07, 6.45) is 0. The fourth-order valence-corrected chi connectivity index (χ4v) is 3.66. The van der Waals surface area contributed by atoms with Crippen LogP contribution in [0.4, 0.5) is 5.69 Å². The highest BCUT2D eigenvalue weighted by molar-refractivity contribution is 9.10. The molecule has 1 saturated heterocycles. The van der Waals surface area contributed by atoms with Crippen LogP contribution in [0.5, 0.6) is 0 Å². The zero-order chi connectivity index (χ0) is 18.3. The molecule has 1 aromatic heterocycles. The van der Waals surface area contributed by atoms with Crippen molar-refractivity contribution in [1.29, 1.82) is 0 Å². The SMILES string of the molecule is Cc1noc([C@@H]2[C@H](c3ccc(Br)cc3)N2Cc2ccccc2)c1[N+](=O)[O-]. The Labute approximate surface area is 158 Å². The van der Waals surface area contributed by atoms with Gasteiger partial charge in [-0.25, -0.2) is 0 Å². The van der Waals surface area contributed by atoms with Gasteiger partial charge in [0.05, 0.1) is 17.0 Å². The molecule has 1 aliphatic rings. The Kier molecular flexibility index (Phi) is 4.34. The summed E-state index contributed by atoms with van der Waals surface area (Å²) in [6, 6.07) is 17.9. The minimum atomic E-state index is -0.404. The average molecular weight is 414 g/mol. The van der Waals surface area contributed by atoms with Crippen LogP contribution in [0, 0.1) is 17.0 Å². The van der Waals surface area contributed by atoms with E-state index in [1.54, 1.807) is 6.92 Å². The molecule has 0 bridgehead atoms. The molecule has 0 aliphatic carbocycles. The Morgan fingerprint density at radius 3 is 2.50 bits per heavy atom. The molecule has 0 spiro atoms. The number of benzene rings is 2. The molecule has 2 heterocycles. The number of aryl methyl sites for hydroxylation is 1. The third-order valence-corrected chi connectivity index (χ3v) is 5.18. The number of hydrogen-bond acceptors (Lipinski definition) is 5. The van der Waals surface area contributed by atoms with E-state index in [1.165, 1.54) is 0 Å². The number of hydrogen-bond donors (Lipinski definition) is 0. The highest BCUT2D eigenvalue weighted by Gasteiger charge is 2.55. The van der Waals surface area contributed by atoms with Gasteiger partial charge in [0.2, 0.25) is 5.76 Å². The van der Waals surface area contributed by atoms with Crippen molar-refractivity contribution in [2.24, 2.45) is 0 Å². The second-order valence-corrected chi connectivity index (χ2v) is 7.25. The molecule has 0 radical (unpaired) electrons. The third kappa shape index (κ3) is 3.04. The molecular weight excluding hydrogens is 398 g/mol. The molecule has 3 aromatic rings. The number of rotatable bonds is 5. The number of nitrogens with zero attached hydrogens (tertiary/aromatic N) is 3. The fraction of sp³-hybridized carbons (Fsp3) is 0.211. The second-order valence-electron chi connectivity index (χ2n) is 6.34. The topological polar surface area (TPSA) is 72.2 Å². The summed E-state index contributed by atoms with van der Waals surface area (Å²) in [6.45, 7) is 2.28. The summed E-state index contributed by atoms with van der Waals surface area (Å²) in [5.74, 6) is 0.330. The van der Waals surface area contributed by atoms with Crippen molar-refractivity contribution >= 4 is 21.6 Å². The Morgan fingerprint density at radius 2 is 1.85 bits per heavy atom. The zero-order valence-electron chi connectivity index (χ0n) is 14.0. The maximum atomic E-state index is 11.5. The van der Waals surface area contributed by atoms with Crippen molar-refractivity contribution in [3.05, 3.63) is 91.8 Å². The molecule has 1 aliphatic heterocycles. The maximum absolute atomic E-state index is 11.5. The van der Waals surface area contributed by atoms with Gasteiger partial charge in [-0.15, -0.1) is 0 Å². The summed E-state index contributed by atoms with van der Waals surface area (Å²) in [7, 11) is 0. The van der Waals surface area contributed by atoms with Gasteiger partial charge < -0.3 is 4.52 Å². The number of aromatic nitrogens is 1. The highest BCUT2D eigenvalue weighted by Crippen LogP contribution is 2.57. The van der Waals surface area contributed by atoms with Crippen LogP contribution < -0.4 is 0 Å². The Hall–Kier alpha value is -2.51. The summed E-state index contributed by atoms with van der Waals surface area (Å²) in [5.41, 5.74) is 2.53. The lowest BCUT2D eigenvalue weighted by atomic mass is 10.1. The highest BCUT2D eigenvalue weighted by atomic mass is 79.9. The monoisotopic (exact) mass is 413 g/mol. The summed E-state index contributed by atoms with van der Waals surface area (Å²) in [4.78, 5) is 13.3. The smallest absolute Gasteiger partial charge is 0.336 e. The molecule has 132 valence electrons. The minimum Gasteiger partial charge on any atom is -0.352 e. The lowest BCUT2D eigenvalue weighted by Gasteiger charge is -2.04. The predicted molar refractivity (Wildman–Crippen MR) is 99.5 cm³/mol. The molecule has 1 fully saturated rings. The van der Waals surface area contributed by atoms with Crippen LogP contribution >= 0.6 is 15.9 Å². The largest absolute Gasteiger partial charge is 0.352 e. The first-order chi connectivity index (χ1) is 12.6. The summed E-state index contributed by atoms with van der Waals surface area (Å²) < 4.78 is 6.38. The maximum Gasteiger partial charge on any atom is 0.336 e. The van der Waals surface area contributed by atoms with Crippen LogP contribution in [0.15, 0.2) is 63.6 Å². The van der Waals surface area contributed by atoms with E-state index in [4.69, 9.17) is 4.52 Å². The van der Waals surface area contributed by atoms with E-state index in [9.17, 15) is 10.1 Å². The Bertz CT molecular complexity index is 940. The van der Waals surface area contributed by atoms with Crippen molar-refractivity contribution < 1.29 is 9.45 Å². The molecular formula is C19H16BrN3O3. The zero-order valence-corrected chi connectivity index (χ0v) is 15.6. The standard InChI is InChI=1S/C19H16BrN3O3/c1-12-16(23(24)25)19(26-21-12)18-17(14-7-9-15(20)10-8-14)22(18)11-13-5-3-2-4-6-13/h2-10,17-18H,11H2,1H3/t17-,18-,22?/m0/s1. The van der Waals surface area contributed by atoms with E-state index < -0.39 is 4.92 Å². The molecule has 7 heteroatoms. The molecule has 4 rings (SSSR count).